The van der Waals surface area contributed by atoms with E-state index in [0.717, 1.165) is 26.7 Å². The van der Waals surface area contributed by atoms with Gasteiger partial charge in [-0.1, -0.05) is 12.1 Å². The minimum Gasteiger partial charge on any atom is -0.486 e. The summed E-state index contributed by atoms with van der Waals surface area (Å²) < 4.78 is 6.88. The van der Waals surface area contributed by atoms with Crippen LogP contribution in [-0.4, -0.2) is 10.9 Å². The fraction of sp³-hybridized carbons (Fsp3) is 0.125. The Bertz CT molecular complexity index is 732. The second kappa shape index (κ2) is 5.93. The Morgan fingerprint density at radius 2 is 1.95 bits per heavy atom. The van der Waals surface area contributed by atoms with Gasteiger partial charge in [0.1, 0.15) is 17.4 Å². The molecule has 0 aliphatic rings. The maximum absolute atomic E-state index is 10.9. The average molecular weight is 298 g/mol. The second-order valence-corrected chi connectivity index (χ2v) is 5.68. The molecule has 0 aliphatic heterocycles. The van der Waals surface area contributed by atoms with Gasteiger partial charge in [-0.3, -0.25) is 4.79 Å². The lowest BCUT2D eigenvalue weighted by Crippen LogP contribution is -2.05. The number of nitrogens with zero attached hydrogens (tertiary/aromatic N) is 1. The molecule has 2 aromatic carbocycles. The van der Waals surface area contributed by atoms with Gasteiger partial charge >= 0.3 is 0 Å². The molecule has 106 valence electrons. The molecule has 4 nitrogen and oxygen atoms in total. The van der Waals surface area contributed by atoms with Crippen LogP contribution in [0.25, 0.3) is 10.2 Å². The Balaban J connectivity index is 1.65. The van der Waals surface area contributed by atoms with E-state index < -0.39 is 0 Å². The Kier molecular flexibility index (Phi) is 3.83. The Morgan fingerprint density at radius 3 is 2.67 bits per heavy atom. The minimum absolute atomic E-state index is 0.0851. The lowest BCUT2D eigenvalue weighted by atomic mass is 10.3. The minimum atomic E-state index is -0.0851. The van der Waals surface area contributed by atoms with Crippen LogP contribution in [0.1, 0.15) is 11.9 Å². The molecule has 1 N–H and O–H groups in total. The van der Waals surface area contributed by atoms with E-state index in [1.807, 2.05) is 42.5 Å². The lowest BCUT2D eigenvalue weighted by molar-refractivity contribution is -0.114. The number of nitrogens with one attached hydrogen (secondary N) is 1. The van der Waals surface area contributed by atoms with E-state index in [1.54, 1.807) is 11.3 Å². The monoisotopic (exact) mass is 298 g/mol. The van der Waals surface area contributed by atoms with Crippen molar-refractivity contribution in [1.82, 2.24) is 4.98 Å². The van der Waals surface area contributed by atoms with Crippen LogP contribution in [0, 0.1) is 0 Å². The molecule has 0 bridgehead atoms. The number of benzene rings is 2. The maximum atomic E-state index is 10.9. The SMILES string of the molecule is CC(=O)Nc1ccc(OCc2nc3ccccc3s2)cc1. The fourth-order valence-corrected chi connectivity index (χ4v) is 2.85. The van der Waals surface area contributed by atoms with Crippen LogP contribution in [0.5, 0.6) is 5.75 Å². The van der Waals surface area contributed by atoms with Crippen molar-refractivity contribution in [2.24, 2.45) is 0 Å². The molecule has 21 heavy (non-hydrogen) atoms. The molecule has 0 fully saturated rings. The molecular weight excluding hydrogens is 284 g/mol. The molecule has 5 heteroatoms. The quantitative estimate of drug-likeness (QED) is 0.796. The molecule has 1 aromatic heterocycles. The zero-order valence-corrected chi connectivity index (χ0v) is 12.3. The highest BCUT2D eigenvalue weighted by atomic mass is 32.1. The molecule has 1 heterocycles. The van der Waals surface area contributed by atoms with Gasteiger partial charge in [-0.2, -0.15) is 0 Å². The Labute approximate surface area is 126 Å². The molecule has 0 spiro atoms. The lowest BCUT2D eigenvalue weighted by Gasteiger charge is -2.05. The number of thiazole rings is 1. The largest absolute Gasteiger partial charge is 0.486 e. The number of amides is 1. The van der Waals surface area contributed by atoms with Gasteiger partial charge < -0.3 is 10.1 Å². The van der Waals surface area contributed by atoms with Crippen LogP contribution >= 0.6 is 11.3 Å². The first-order valence-corrected chi connectivity index (χ1v) is 7.37. The summed E-state index contributed by atoms with van der Waals surface area (Å²) >= 11 is 1.63. The third-order valence-electron chi connectivity index (χ3n) is 2.88. The van der Waals surface area contributed by atoms with Gasteiger partial charge in [-0.15, -0.1) is 11.3 Å². The average Bonchev–Trinajstić information content (AvgIpc) is 2.89. The van der Waals surface area contributed by atoms with Crippen LogP contribution in [0.3, 0.4) is 0 Å². The van der Waals surface area contributed by atoms with Crippen LogP contribution in [-0.2, 0) is 11.4 Å². The number of anilines is 1. The van der Waals surface area contributed by atoms with Crippen LogP contribution in [0.4, 0.5) is 5.69 Å². The smallest absolute Gasteiger partial charge is 0.221 e. The number of rotatable bonds is 4. The van der Waals surface area contributed by atoms with Crippen molar-refractivity contribution in [3.05, 3.63) is 53.5 Å². The van der Waals surface area contributed by atoms with Crippen molar-refractivity contribution >= 4 is 33.1 Å². The highest BCUT2D eigenvalue weighted by Gasteiger charge is 2.04. The molecule has 1 amide bonds. The summed E-state index contributed by atoms with van der Waals surface area (Å²) in [6, 6.07) is 15.3. The molecule has 0 saturated carbocycles. The Hall–Kier alpha value is -2.40. The van der Waals surface area contributed by atoms with Crippen molar-refractivity contribution in [3.63, 3.8) is 0 Å². The maximum Gasteiger partial charge on any atom is 0.221 e. The molecule has 0 unspecified atom stereocenters. The van der Waals surface area contributed by atoms with Gasteiger partial charge in [0.25, 0.3) is 0 Å². The van der Waals surface area contributed by atoms with Crippen molar-refractivity contribution in [1.29, 1.82) is 0 Å². The number of para-hydroxylation sites is 1. The van der Waals surface area contributed by atoms with E-state index >= 15 is 0 Å². The number of ether oxygens (including phenoxy) is 1. The normalized spacial score (nSPS) is 10.5. The molecule has 0 atom stereocenters. The third-order valence-corrected chi connectivity index (χ3v) is 3.89. The summed E-state index contributed by atoms with van der Waals surface area (Å²) in [5.74, 6) is 0.668. The first-order chi connectivity index (χ1) is 10.2. The summed E-state index contributed by atoms with van der Waals surface area (Å²) in [5, 5.41) is 3.67. The highest BCUT2D eigenvalue weighted by molar-refractivity contribution is 7.18. The van der Waals surface area contributed by atoms with Gasteiger partial charge in [0.15, 0.2) is 0 Å². The number of carbonyl (C=O) groups excluding carboxylic acids is 1. The van der Waals surface area contributed by atoms with Crippen molar-refractivity contribution in [2.75, 3.05) is 5.32 Å². The van der Waals surface area contributed by atoms with Crippen LogP contribution in [0.2, 0.25) is 0 Å². The molecule has 0 saturated heterocycles. The van der Waals surface area contributed by atoms with Crippen molar-refractivity contribution in [3.8, 4) is 5.75 Å². The Morgan fingerprint density at radius 1 is 1.19 bits per heavy atom. The van der Waals surface area contributed by atoms with Gasteiger partial charge in [-0.05, 0) is 36.4 Å². The summed E-state index contributed by atoms with van der Waals surface area (Å²) in [6.45, 7) is 1.93. The highest BCUT2D eigenvalue weighted by Crippen LogP contribution is 2.23. The van der Waals surface area contributed by atoms with E-state index in [4.69, 9.17) is 4.74 Å². The fourth-order valence-electron chi connectivity index (χ4n) is 1.96. The number of hydrogen-bond donors (Lipinski definition) is 1. The summed E-state index contributed by atoms with van der Waals surface area (Å²) in [4.78, 5) is 15.5. The summed E-state index contributed by atoms with van der Waals surface area (Å²) in [5.41, 5.74) is 1.76. The number of fused-ring (bicyclic) bond motifs is 1. The second-order valence-electron chi connectivity index (χ2n) is 4.57. The number of carbonyl (C=O) groups is 1. The third kappa shape index (κ3) is 3.38. The zero-order chi connectivity index (χ0) is 14.7. The van der Waals surface area contributed by atoms with Crippen molar-refractivity contribution in [2.45, 2.75) is 13.5 Å². The first-order valence-electron chi connectivity index (χ1n) is 6.55. The predicted molar refractivity (Wildman–Crippen MR) is 84.7 cm³/mol. The molecule has 3 rings (SSSR count). The molecular formula is C16H14N2O2S. The standard InChI is InChI=1S/C16H14N2O2S/c1-11(19)17-12-6-8-13(9-7-12)20-10-16-18-14-4-2-3-5-15(14)21-16/h2-9H,10H2,1H3,(H,17,19). The van der Waals surface area contributed by atoms with E-state index in [1.165, 1.54) is 6.92 Å². The van der Waals surface area contributed by atoms with Crippen molar-refractivity contribution < 1.29 is 9.53 Å². The van der Waals surface area contributed by atoms with E-state index in [9.17, 15) is 4.79 Å². The molecule has 0 radical (unpaired) electrons. The predicted octanol–water partition coefficient (Wildman–Crippen LogP) is 3.83. The topological polar surface area (TPSA) is 51.2 Å². The van der Waals surface area contributed by atoms with Gasteiger partial charge in [0.2, 0.25) is 5.91 Å². The van der Waals surface area contributed by atoms with Gasteiger partial charge in [0, 0.05) is 12.6 Å². The number of aromatic nitrogens is 1. The first kappa shape index (κ1) is 13.6. The summed E-state index contributed by atoms with van der Waals surface area (Å²) in [6.07, 6.45) is 0. The van der Waals surface area contributed by atoms with E-state index in [0.29, 0.717) is 6.61 Å². The van der Waals surface area contributed by atoms with E-state index in [2.05, 4.69) is 16.4 Å². The summed E-state index contributed by atoms with van der Waals surface area (Å²) in [7, 11) is 0. The van der Waals surface area contributed by atoms with Crippen LogP contribution in [0.15, 0.2) is 48.5 Å². The van der Waals surface area contributed by atoms with E-state index in [-0.39, 0.29) is 5.91 Å². The van der Waals surface area contributed by atoms with Crippen LogP contribution < -0.4 is 10.1 Å². The number of hydrogen-bond acceptors (Lipinski definition) is 4. The molecule has 3 aromatic rings. The zero-order valence-electron chi connectivity index (χ0n) is 11.5. The van der Waals surface area contributed by atoms with Gasteiger partial charge in [-0.25, -0.2) is 4.98 Å². The van der Waals surface area contributed by atoms with Gasteiger partial charge in [0.05, 0.1) is 10.2 Å². The molecule has 0 aliphatic carbocycles.